The van der Waals surface area contributed by atoms with Crippen molar-refractivity contribution >= 4 is 18.1 Å². The fraction of sp³-hybridized carbons (Fsp3) is 0.167. The predicted octanol–water partition coefficient (Wildman–Crippen LogP) is 2.37. The molecule has 0 aliphatic rings. The molecule has 2 heterocycles. The highest BCUT2D eigenvalue weighted by Crippen LogP contribution is 2.13. The number of rotatable bonds is 4. The fourth-order valence-electron chi connectivity index (χ4n) is 1.37. The molecule has 0 spiro atoms. The van der Waals surface area contributed by atoms with Crippen molar-refractivity contribution in [1.29, 1.82) is 0 Å². The lowest BCUT2D eigenvalue weighted by molar-refractivity contribution is -0.136. The minimum atomic E-state index is -0.928. The van der Waals surface area contributed by atoms with Gasteiger partial charge >= 0.3 is 5.97 Å². The summed E-state index contributed by atoms with van der Waals surface area (Å²) in [6.45, 7) is 1.69. The Balaban J connectivity index is 2.15. The Kier molecular flexibility index (Phi) is 3.09. The van der Waals surface area contributed by atoms with Crippen molar-refractivity contribution in [2.24, 2.45) is 0 Å². The van der Waals surface area contributed by atoms with Crippen LogP contribution in [0.1, 0.15) is 23.1 Å². The maximum atomic E-state index is 10.6. The van der Waals surface area contributed by atoms with Crippen LogP contribution in [0, 0.1) is 6.92 Å². The molecule has 5 heteroatoms. The van der Waals surface area contributed by atoms with Gasteiger partial charge in [0.25, 0.3) is 0 Å². The van der Waals surface area contributed by atoms with Gasteiger partial charge in [0.05, 0.1) is 18.4 Å². The second kappa shape index (κ2) is 4.69. The molecule has 0 atom stereocenters. The summed E-state index contributed by atoms with van der Waals surface area (Å²) >= 11 is 0. The Morgan fingerprint density at radius 3 is 3.00 bits per heavy atom. The number of carbonyl (C=O) groups is 1. The van der Waals surface area contributed by atoms with Gasteiger partial charge in [-0.15, -0.1) is 0 Å². The lowest BCUT2D eigenvalue weighted by Gasteiger charge is -1.88. The van der Waals surface area contributed by atoms with Crippen LogP contribution in [0.4, 0.5) is 0 Å². The van der Waals surface area contributed by atoms with Crippen LogP contribution < -0.4 is 0 Å². The fourth-order valence-corrected chi connectivity index (χ4v) is 1.37. The van der Waals surface area contributed by atoms with E-state index in [9.17, 15) is 4.79 Å². The zero-order chi connectivity index (χ0) is 12.3. The molecule has 1 N–H and O–H groups in total. The van der Waals surface area contributed by atoms with Crippen LogP contribution >= 0.6 is 0 Å². The number of furan rings is 1. The third kappa shape index (κ3) is 2.84. The molecule has 2 aromatic rings. The summed E-state index contributed by atoms with van der Waals surface area (Å²) in [6.07, 6.45) is 4.77. The molecule has 17 heavy (non-hydrogen) atoms. The number of hydrogen-bond acceptors (Lipinski definition) is 4. The van der Waals surface area contributed by atoms with E-state index in [0.29, 0.717) is 23.1 Å². The molecular weight excluding hydrogens is 222 g/mol. The molecule has 0 fully saturated rings. The number of aromatic nitrogens is 1. The van der Waals surface area contributed by atoms with Crippen LogP contribution in [-0.2, 0) is 11.2 Å². The Bertz CT molecular complexity index is 537. The Labute approximate surface area is 97.4 Å². The maximum Gasteiger partial charge on any atom is 0.309 e. The summed E-state index contributed by atoms with van der Waals surface area (Å²) in [5.41, 5.74) is 0.441. The first-order chi connectivity index (χ1) is 8.15. The lowest BCUT2D eigenvalue weighted by Crippen LogP contribution is -2.01. The standard InChI is InChI=1S/C12H11NO4/c1-8-10(7-12(14)15)13-11(17-8)5-4-9-3-2-6-16-9/h2-6H,7H2,1H3,(H,14,15)/b5-4+. The van der Waals surface area contributed by atoms with Crippen LogP contribution in [0.2, 0.25) is 0 Å². The third-order valence-electron chi connectivity index (χ3n) is 2.16. The number of hydrogen-bond donors (Lipinski definition) is 1. The molecule has 5 nitrogen and oxygen atoms in total. The number of nitrogens with zero attached hydrogens (tertiary/aromatic N) is 1. The van der Waals surface area contributed by atoms with Crippen molar-refractivity contribution in [3.05, 3.63) is 41.5 Å². The van der Waals surface area contributed by atoms with Gasteiger partial charge in [-0.25, -0.2) is 4.98 Å². The first kappa shape index (κ1) is 11.2. The molecule has 0 saturated carbocycles. The first-order valence-corrected chi connectivity index (χ1v) is 5.05. The van der Waals surface area contributed by atoms with Gasteiger partial charge in [0.1, 0.15) is 11.5 Å². The van der Waals surface area contributed by atoms with E-state index in [-0.39, 0.29) is 6.42 Å². The maximum absolute atomic E-state index is 10.6. The molecule has 0 radical (unpaired) electrons. The van der Waals surface area contributed by atoms with E-state index < -0.39 is 5.97 Å². The van der Waals surface area contributed by atoms with Crippen molar-refractivity contribution in [3.8, 4) is 0 Å². The van der Waals surface area contributed by atoms with Crippen LogP contribution in [0.5, 0.6) is 0 Å². The van der Waals surface area contributed by atoms with Gasteiger partial charge in [-0.2, -0.15) is 0 Å². The summed E-state index contributed by atoms with van der Waals surface area (Å²) in [6, 6.07) is 3.57. The van der Waals surface area contributed by atoms with Crippen LogP contribution in [0.25, 0.3) is 12.2 Å². The zero-order valence-corrected chi connectivity index (χ0v) is 9.21. The highest BCUT2D eigenvalue weighted by atomic mass is 16.4. The summed E-state index contributed by atoms with van der Waals surface area (Å²) in [7, 11) is 0. The molecule has 0 saturated heterocycles. The predicted molar refractivity (Wildman–Crippen MR) is 60.2 cm³/mol. The summed E-state index contributed by atoms with van der Waals surface area (Å²) < 4.78 is 10.4. The van der Waals surface area contributed by atoms with Gasteiger partial charge in [-0.05, 0) is 25.1 Å². The molecule has 0 aliphatic carbocycles. The molecule has 0 unspecified atom stereocenters. The van der Waals surface area contributed by atoms with Crippen molar-refractivity contribution in [2.45, 2.75) is 13.3 Å². The largest absolute Gasteiger partial charge is 0.481 e. The minimum Gasteiger partial charge on any atom is -0.481 e. The van der Waals surface area contributed by atoms with Crippen LogP contribution in [0.15, 0.2) is 27.2 Å². The van der Waals surface area contributed by atoms with Crippen LogP contribution in [0.3, 0.4) is 0 Å². The Morgan fingerprint density at radius 1 is 1.53 bits per heavy atom. The molecule has 2 rings (SSSR count). The number of carboxylic acids is 1. The monoisotopic (exact) mass is 233 g/mol. The van der Waals surface area contributed by atoms with Gasteiger partial charge in [0.15, 0.2) is 0 Å². The number of aliphatic carboxylic acids is 1. The SMILES string of the molecule is Cc1oc(/C=C/c2ccco2)nc1CC(=O)O. The third-order valence-corrected chi connectivity index (χ3v) is 2.16. The molecule has 88 valence electrons. The second-order valence-electron chi connectivity index (χ2n) is 3.47. The lowest BCUT2D eigenvalue weighted by atomic mass is 10.3. The number of aryl methyl sites for hydroxylation is 1. The van der Waals surface area contributed by atoms with Gasteiger partial charge in [0.2, 0.25) is 5.89 Å². The van der Waals surface area contributed by atoms with E-state index in [4.69, 9.17) is 13.9 Å². The summed E-state index contributed by atoms with van der Waals surface area (Å²) in [5, 5.41) is 8.67. The van der Waals surface area contributed by atoms with E-state index in [2.05, 4.69) is 4.98 Å². The Morgan fingerprint density at radius 2 is 2.35 bits per heavy atom. The first-order valence-electron chi connectivity index (χ1n) is 5.05. The summed E-state index contributed by atoms with van der Waals surface area (Å²) in [4.78, 5) is 14.6. The highest BCUT2D eigenvalue weighted by Gasteiger charge is 2.10. The molecule has 0 amide bonds. The van der Waals surface area contributed by atoms with E-state index in [0.717, 1.165) is 0 Å². The van der Waals surface area contributed by atoms with Gasteiger partial charge in [-0.1, -0.05) is 0 Å². The Hall–Kier alpha value is -2.30. The normalized spacial score (nSPS) is 11.1. The topological polar surface area (TPSA) is 76.5 Å². The average Bonchev–Trinajstić information content (AvgIpc) is 2.86. The van der Waals surface area contributed by atoms with Gasteiger partial charge in [-0.3, -0.25) is 4.79 Å². The van der Waals surface area contributed by atoms with Crippen molar-refractivity contribution in [3.63, 3.8) is 0 Å². The van der Waals surface area contributed by atoms with Crippen molar-refractivity contribution < 1.29 is 18.7 Å². The molecule has 0 bridgehead atoms. The quantitative estimate of drug-likeness (QED) is 0.877. The zero-order valence-electron chi connectivity index (χ0n) is 9.21. The molecule has 2 aromatic heterocycles. The molecular formula is C12H11NO4. The minimum absolute atomic E-state index is 0.135. The summed E-state index contributed by atoms with van der Waals surface area (Å²) in [5.74, 6) is 0.644. The second-order valence-corrected chi connectivity index (χ2v) is 3.47. The van der Waals surface area contributed by atoms with E-state index in [1.807, 2.05) is 0 Å². The van der Waals surface area contributed by atoms with Gasteiger partial charge in [0, 0.05) is 6.08 Å². The molecule has 0 aliphatic heterocycles. The average molecular weight is 233 g/mol. The molecule has 0 aromatic carbocycles. The van der Waals surface area contributed by atoms with E-state index in [1.165, 1.54) is 0 Å². The highest BCUT2D eigenvalue weighted by molar-refractivity contribution is 5.70. The smallest absolute Gasteiger partial charge is 0.309 e. The number of carboxylic acid groups (broad SMARTS) is 1. The van der Waals surface area contributed by atoms with Crippen molar-refractivity contribution in [2.75, 3.05) is 0 Å². The van der Waals surface area contributed by atoms with Gasteiger partial charge < -0.3 is 13.9 Å². The van der Waals surface area contributed by atoms with E-state index in [1.54, 1.807) is 37.5 Å². The van der Waals surface area contributed by atoms with E-state index >= 15 is 0 Å². The number of oxazole rings is 1. The van der Waals surface area contributed by atoms with Crippen LogP contribution in [-0.4, -0.2) is 16.1 Å². The van der Waals surface area contributed by atoms with Crippen molar-refractivity contribution in [1.82, 2.24) is 4.98 Å².